The van der Waals surface area contributed by atoms with Crippen molar-refractivity contribution in [1.82, 2.24) is 5.32 Å². The maximum absolute atomic E-state index is 12.3. The van der Waals surface area contributed by atoms with Gasteiger partial charge in [0.2, 0.25) is 0 Å². The van der Waals surface area contributed by atoms with Crippen molar-refractivity contribution in [3.8, 4) is 11.5 Å². The molecule has 0 saturated heterocycles. The maximum Gasteiger partial charge on any atom is 0.387 e. The van der Waals surface area contributed by atoms with E-state index in [2.05, 4.69) is 10.1 Å². The molecule has 1 aliphatic carbocycles. The molecule has 2 N–H and O–H groups in total. The number of hydrogen-bond donors (Lipinski definition) is 2. The van der Waals surface area contributed by atoms with Crippen molar-refractivity contribution in [3.63, 3.8) is 0 Å². The number of aliphatic hydroxyl groups is 1. The summed E-state index contributed by atoms with van der Waals surface area (Å²) in [7, 11) is 1.41. The van der Waals surface area contributed by atoms with E-state index in [0.29, 0.717) is 6.54 Å². The Kier molecular flexibility index (Phi) is 4.77. The van der Waals surface area contributed by atoms with E-state index in [4.69, 9.17) is 4.74 Å². The third-order valence-electron chi connectivity index (χ3n) is 3.57. The Balaban J connectivity index is 1.94. The van der Waals surface area contributed by atoms with Crippen LogP contribution in [0.3, 0.4) is 0 Å². The topological polar surface area (TPSA) is 50.7 Å². The van der Waals surface area contributed by atoms with Gasteiger partial charge in [-0.2, -0.15) is 8.78 Å². The van der Waals surface area contributed by atoms with Crippen molar-refractivity contribution < 1.29 is 23.4 Å². The van der Waals surface area contributed by atoms with Crippen LogP contribution in [0.15, 0.2) is 18.2 Å². The molecule has 0 bridgehead atoms. The largest absolute Gasteiger partial charge is 0.493 e. The minimum absolute atomic E-state index is 0.0226. The Morgan fingerprint density at radius 3 is 2.65 bits per heavy atom. The molecule has 4 nitrogen and oxygen atoms in total. The average molecular weight is 287 g/mol. The first-order chi connectivity index (χ1) is 9.58. The van der Waals surface area contributed by atoms with Gasteiger partial charge < -0.3 is 19.9 Å². The van der Waals surface area contributed by atoms with Crippen molar-refractivity contribution >= 4 is 0 Å². The van der Waals surface area contributed by atoms with Gasteiger partial charge in [0.25, 0.3) is 0 Å². The van der Waals surface area contributed by atoms with Crippen molar-refractivity contribution in [2.75, 3.05) is 20.3 Å². The number of ether oxygens (including phenoxy) is 2. The van der Waals surface area contributed by atoms with Crippen LogP contribution >= 0.6 is 0 Å². The second-order valence-corrected chi connectivity index (χ2v) is 5.13. The quantitative estimate of drug-likeness (QED) is 0.769. The summed E-state index contributed by atoms with van der Waals surface area (Å²) in [6.45, 7) is -1.44. The average Bonchev–Trinajstić information content (AvgIpc) is 3.19. The summed E-state index contributed by atoms with van der Waals surface area (Å²) in [6.07, 6.45) is 2.05. The predicted octanol–water partition coefficient (Wildman–Crippen LogP) is 2.16. The van der Waals surface area contributed by atoms with E-state index in [1.807, 2.05) is 0 Å². The second-order valence-electron chi connectivity index (χ2n) is 5.13. The molecule has 1 saturated carbocycles. The highest BCUT2D eigenvalue weighted by molar-refractivity contribution is 5.43. The first-order valence-corrected chi connectivity index (χ1v) is 6.52. The third kappa shape index (κ3) is 3.80. The van der Waals surface area contributed by atoms with E-state index in [1.54, 1.807) is 12.1 Å². The first kappa shape index (κ1) is 15.0. The Morgan fingerprint density at radius 2 is 2.10 bits per heavy atom. The highest BCUT2D eigenvalue weighted by Crippen LogP contribution is 2.44. The predicted molar refractivity (Wildman–Crippen MR) is 70.1 cm³/mol. The Morgan fingerprint density at radius 1 is 1.35 bits per heavy atom. The van der Waals surface area contributed by atoms with Gasteiger partial charge >= 0.3 is 6.61 Å². The number of nitrogens with one attached hydrogen (secondary N) is 1. The zero-order valence-corrected chi connectivity index (χ0v) is 11.4. The van der Waals surface area contributed by atoms with Crippen LogP contribution in [0.4, 0.5) is 8.78 Å². The molecule has 0 aromatic heterocycles. The lowest BCUT2D eigenvalue weighted by atomic mass is 10.1. The summed E-state index contributed by atoms with van der Waals surface area (Å²) in [6, 6.07) is 4.94. The summed E-state index contributed by atoms with van der Waals surface area (Å²) < 4.78 is 34.0. The molecule has 6 heteroatoms. The van der Waals surface area contributed by atoms with E-state index < -0.39 is 6.61 Å². The number of aliphatic hydroxyl groups excluding tert-OH is 1. The molecule has 112 valence electrons. The molecule has 1 aromatic carbocycles. The molecular weight excluding hydrogens is 268 g/mol. The van der Waals surface area contributed by atoms with Crippen molar-refractivity contribution in [3.05, 3.63) is 23.8 Å². The fourth-order valence-corrected chi connectivity index (χ4v) is 2.06. The van der Waals surface area contributed by atoms with E-state index in [9.17, 15) is 13.9 Å². The molecular formula is C14H19F2NO3. The summed E-state index contributed by atoms with van der Waals surface area (Å²) in [4.78, 5) is 0. The molecule has 20 heavy (non-hydrogen) atoms. The van der Waals surface area contributed by atoms with Crippen LogP contribution in [0.1, 0.15) is 18.4 Å². The van der Waals surface area contributed by atoms with Crippen molar-refractivity contribution in [2.24, 2.45) is 5.41 Å². The summed E-state index contributed by atoms with van der Waals surface area (Å²) >= 11 is 0. The summed E-state index contributed by atoms with van der Waals surface area (Å²) in [5, 5.41) is 12.4. The Bertz CT molecular complexity index is 450. The van der Waals surface area contributed by atoms with Crippen molar-refractivity contribution in [1.29, 1.82) is 0 Å². The number of hydrogen-bond acceptors (Lipinski definition) is 4. The van der Waals surface area contributed by atoms with Gasteiger partial charge in [-0.1, -0.05) is 6.07 Å². The molecule has 1 aromatic rings. The number of rotatable bonds is 8. The van der Waals surface area contributed by atoms with Gasteiger partial charge in [-0.25, -0.2) is 0 Å². The van der Waals surface area contributed by atoms with Crippen LogP contribution in [-0.2, 0) is 6.54 Å². The smallest absolute Gasteiger partial charge is 0.387 e. The van der Waals surface area contributed by atoms with E-state index in [1.165, 1.54) is 13.2 Å². The summed E-state index contributed by atoms with van der Waals surface area (Å²) in [5.41, 5.74) is 0.851. The Labute approximate surface area is 116 Å². The monoisotopic (exact) mass is 287 g/mol. The minimum atomic E-state index is -2.88. The SMILES string of the molecule is COc1ccc(CNCC2(CO)CC2)cc1OC(F)F. The highest BCUT2D eigenvalue weighted by atomic mass is 19.3. The van der Waals surface area contributed by atoms with Gasteiger partial charge in [-0.3, -0.25) is 0 Å². The lowest BCUT2D eigenvalue weighted by Gasteiger charge is -2.14. The first-order valence-electron chi connectivity index (χ1n) is 6.52. The molecule has 0 aliphatic heterocycles. The number of halogens is 2. The normalized spacial score (nSPS) is 16.2. The van der Waals surface area contributed by atoms with E-state index >= 15 is 0 Å². The molecule has 0 atom stereocenters. The van der Waals surface area contributed by atoms with Gasteiger partial charge in [-0.05, 0) is 30.5 Å². The van der Waals surface area contributed by atoms with Gasteiger partial charge in [0.05, 0.1) is 7.11 Å². The van der Waals surface area contributed by atoms with E-state index in [-0.39, 0.29) is 23.5 Å². The lowest BCUT2D eigenvalue weighted by molar-refractivity contribution is -0.0512. The van der Waals surface area contributed by atoms with Gasteiger partial charge in [-0.15, -0.1) is 0 Å². The highest BCUT2D eigenvalue weighted by Gasteiger charge is 2.41. The van der Waals surface area contributed by atoms with Gasteiger partial charge in [0, 0.05) is 25.1 Å². The van der Waals surface area contributed by atoms with Crippen molar-refractivity contribution in [2.45, 2.75) is 26.0 Å². The number of alkyl halides is 2. The van der Waals surface area contributed by atoms with Crippen LogP contribution in [0.5, 0.6) is 11.5 Å². The second kappa shape index (κ2) is 6.37. The zero-order chi connectivity index (χ0) is 14.6. The molecule has 0 heterocycles. The lowest BCUT2D eigenvalue weighted by Crippen LogP contribution is -2.26. The third-order valence-corrected chi connectivity index (χ3v) is 3.57. The van der Waals surface area contributed by atoms with Crippen LogP contribution in [0.25, 0.3) is 0 Å². The zero-order valence-electron chi connectivity index (χ0n) is 11.4. The standard InChI is InChI=1S/C14H19F2NO3/c1-19-11-3-2-10(6-12(11)20-13(15)16)7-17-8-14(9-18)4-5-14/h2-3,6,13,17-18H,4-5,7-9H2,1H3. The van der Waals surface area contributed by atoms with Gasteiger partial charge in [0.15, 0.2) is 11.5 Å². The fourth-order valence-electron chi connectivity index (χ4n) is 2.06. The Hall–Kier alpha value is -1.40. The fraction of sp³-hybridized carbons (Fsp3) is 0.571. The van der Waals surface area contributed by atoms with Crippen LogP contribution in [0, 0.1) is 5.41 Å². The molecule has 2 rings (SSSR count). The molecule has 0 radical (unpaired) electrons. The number of methoxy groups -OCH3 is 1. The molecule has 0 spiro atoms. The molecule has 1 aliphatic rings. The maximum atomic E-state index is 12.3. The molecule has 0 unspecified atom stereocenters. The number of benzene rings is 1. The van der Waals surface area contributed by atoms with E-state index in [0.717, 1.165) is 24.9 Å². The summed E-state index contributed by atoms with van der Waals surface area (Å²) in [5.74, 6) is 0.313. The van der Waals surface area contributed by atoms with Crippen LogP contribution in [-0.4, -0.2) is 32.0 Å². The molecule has 1 fully saturated rings. The molecule has 0 amide bonds. The van der Waals surface area contributed by atoms with Crippen LogP contribution < -0.4 is 14.8 Å². The van der Waals surface area contributed by atoms with Gasteiger partial charge in [0.1, 0.15) is 0 Å². The van der Waals surface area contributed by atoms with Crippen LogP contribution in [0.2, 0.25) is 0 Å². The minimum Gasteiger partial charge on any atom is -0.493 e.